The molecule has 1 saturated heterocycles. The molecule has 1 atom stereocenters. The van der Waals surface area contributed by atoms with Crippen molar-refractivity contribution < 1.29 is 29.5 Å². The maximum absolute atomic E-state index is 12.4. The van der Waals surface area contributed by atoms with E-state index in [1.54, 1.807) is 0 Å². The summed E-state index contributed by atoms with van der Waals surface area (Å²) >= 11 is 0. The smallest absolute Gasteiger partial charge is 0.414 e. The number of benzene rings is 1. The van der Waals surface area contributed by atoms with Gasteiger partial charge in [0, 0.05) is 49.9 Å². The zero-order valence-corrected chi connectivity index (χ0v) is 15.2. The molecule has 2 rings (SSSR count). The Morgan fingerprint density at radius 3 is 1.93 bits per heavy atom. The van der Waals surface area contributed by atoms with Crippen molar-refractivity contribution in [3.05, 3.63) is 39.9 Å². The van der Waals surface area contributed by atoms with Gasteiger partial charge in [-0.15, -0.1) is 0 Å². The predicted molar refractivity (Wildman–Crippen MR) is 95.6 cm³/mol. The summed E-state index contributed by atoms with van der Waals surface area (Å²) in [7, 11) is 0. The molecular formula is C17H23N3O7. The number of nitro groups is 1. The van der Waals surface area contributed by atoms with Crippen LogP contribution in [0.4, 0.5) is 5.69 Å². The maximum Gasteiger partial charge on any atom is 0.414 e. The molecule has 0 bridgehead atoms. The second-order valence-electron chi connectivity index (χ2n) is 6.00. The molecule has 0 saturated carbocycles. The molecular weight excluding hydrogens is 358 g/mol. The molecule has 27 heavy (non-hydrogen) atoms. The first-order chi connectivity index (χ1) is 12.7. The lowest BCUT2D eigenvalue weighted by Gasteiger charge is -2.37. The zero-order valence-electron chi connectivity index (χ0n) is 15.2. The number of piperazine rings is 1. The number of hydrogen-bond donors (Lipinski definition) is 2. The molecule has 1 unspecified atom stereocenters. The highest BCUT2D eigenvalue weighted by molar-refractivity contribution is 6.27. The number of nitro benzene ring substituents is 1. The summed E-state index contributed by atoms with van der Waals surface area (Å²) in [6, 6.07) is 6.36. The van der Waals surface area contributed by atoms with E-state index < -0.39 is 16.9 Å². The number of rotatable bonds is 4. The van der Waals surface area contributed by atoms with Gasteiger partial charge in [-0.2, -0.15) is 0 Å². The normalized spacial score (nSPS) is 15.3. The van der Waals surface area contributed by atoms with E-state index in [0.29, 0.717) is 24.7 Å². The summed E-state index contributed by atoms with van der Waals surface area (Å²) in [4.78, 5) is 44.9. The van der Waals surface area contributed by atoms with Crippen LogP contribution in [0.5, 0.6) is 0 Å². The van der Waals surface area contributed by atoms with Gasteiger partial charge in [0.2, 0.25) is 0 Å². The molecule has 2 N–H and O–H groups in total. The third kappa shape index (κ3) is 6.66. The van der Waals surface area contributed by atoms with Gasteiger partial charge >= 0.3 is 11.9 Å². The van der Waals surface area contributed by atoms with Gasteiger partial charge in [0.15, 0.2) is 0 Å². The Morgan fingerprint density at radius 2 is 1.56 bits per heavy atom. The molecule has 10 nitrogen and oxygen atoms in total. The Labute approximate surface area is 156 Å². The third-order valence-corrected chi connectivity index (χ3v) is 4.32. The van der Waals surface area contributed by atoms with Gasteiger partial charge in [0.25, 0.3) is 11.6 Å². The van der Waals surface area contributed by atoms with Crippen LogP contribution in [0.3, 0.4) is 0 Å². The molecule has 148 valence electrons. The minimum Gasteiger partial charge on any atom is -0.473 e. The van der Waals surface area contributed by atoms with Gasteiger partial charge in [-0.05, 0) is 25.5 Å². The number of non-ortho nitro benzene ring substituents is 1. The van der Waals surface area contributed by atoms with E-state index in [4.69, 9.17) is 19.8 Å². The summed E-state index contributed by atoms with van der Waals surface area (Å²) in [5.41, 5.74) is 0.519. The van der Waals surface area contributed by atoms with E-state index in [-0.39, 0.29) is 11.6 Å². The van der Waals surface area contributed by atoms with Gasteiger partial charge in [-0.3, -0.25) is 19.8 Å². The molecule has 0 radical (unpaired) electrons. The molecule has 1 aromatic rings. The number of hydrogen-bond acceptors (Lipinski definition) is 6. The Kier molecular flexibility index (Phi) is 8.34. The van der Waals surface area contributed by atoms with E-state index >= 15 is 0 Å². The molecule has 1 amide bonds. The lowest BCUT2D eigenvalue weighted by Crippen LogP contribution is -2.51. The summed E-state index contributed by atoms with van der Waals surface area (Å²) in [5.74, 6) is -3.70. The number of nitrogens with zero attached hydrogens (tertiary/aromatic N) is 3. The van der Waals surface area contributed by atoms with E-state index in [0.717, 1.165) is 19.5 Å². The molecule has 0 aliphatic carbocycles. The molecule has 1 fully saturated rings. The van der Waals surface area contributed by atoms with Crippen LogP contribution in [0.1, 0.15) is 30.6 Å². The molecule has 1 heterocycles. The van der Waals surface area contributed by atoms with Gasteiger partial charge in [-0.25, -0.2) is 9.59 Å². The Morgan fingerprint density at radius 1 is 1.07 bits per heavy atom. The highest BCUT2D eigenvalue weighted by Crippen LogP contribution is 2.15. The zero-order chi connectivity index (χ0) is 20.6. The van der Waals surface area contributed by atoms with Crippen LogP contribution < -0.4 is 0 Å². The van der Waals surface area contributed by atoms with Crippen molar-refractivity contribution >= 4 is 23.5 Å². The Balaban J connectivity index is 0.000000527. The summed E-state index contributed by atoms with van der Waals surface area (Å²) < 4.78 is 0. The van der Waals surface area contributed by atoms with Crippen LogP contribution in [-0.2, 0) is 9.59 Å². The van der Waals surface area contributed by atoms with Crippen molar-refractivity contribution in [2.24, 2.45) is 0 Å². The van der Waals surface area contributed by atoms with E-state index in [9.17, 15) is 14.9 Å². The van der Waals surface area contributed by atoms with Crippen LogP contribution >= 0.6 is 0 Å². The third-order valence-electron chi connectivity index (χ3n) is 4.32. The van der Waals surface area contributed by atoms with Crippen LogP contribution in [-0.4, -0.2) is 75.0 Å². The topological polar surface area (TPSA) is 141 Å². The first-order valence-corrected chi connectivity index (χ1v) is 8.41. The highest BCUT2D eigenvalue weighted by atomic mass is 16.6. The van der Waals surface area contributed by atoms with Crippen molar-refractivity contribution in [2.75, 3.05) is 26.2 Å². The molecule has 1 aliphatic heterocycles. The molecule has 0 spiro atoms. The number of carbonyl (C=O) groups excluding carboxylic acids is 1. The van der Waals surface area contributed by atoms with Crippen molar-refractivity contribution in [1.29, 1.82) is 0 Å². The molecule has 1 aliphatic rings. The number of aliphatic carboxylic acids is 2. The largest absolute Gasteiger partial charge is 0.473 e. The van der Waals surface area contributed by atoms with Crippen LogP contribution in [0.25, 0.3) is 0 Å². The average molecular weight is 381 g/mol. The van der Waals surface area contributed by atoms with Gasteiger partial charge in [0.1, 0.15) is 0 Å². The summed E-state index contributed by atoms with van der Waals surface area (Å²) in [6.07, 6.45) is 1.11. The Hall–Kier alpha value is -3.01. The fourth-order valence-electron chi connectivity index (χ4n) is 2.53. The minimum atomic E-state index is -1.82. The minimum absolute atomic E-state index is 0.00754. The quantitative estimate of drug-likeness (QED) is 0.452. The van der Waals surface area contributed by atoms with Crippen molar-refractivity contribution in [3.8, 4) is 0 Å². The summed E-state index contributed by atoms with van der Waals surface area (Å²) in [5, 5.41) is 25.4. The average Bonchev–Trinajstić information content (AvgIpc) is 2.67. The van der Waals surface area contributed by atoms with Crippen LogP contribution in [0.15, 0.2) is 24.3 Å². The second-order valence-corrected chi connectivity index (χ2v) is 6.00. The van der Waals surface area contributed by atoms with Crippen molar-refractivity contribution in [3.63, 3.8) is 0 Å². The summed E-state index contributed by atoms with van der Waals surface area (Å²) in [6.45, 7) is 7.55. The van der Waals surface area contributed by atoms with Crippen molar-refractivity contribution in [2.45, 2.75) is 26.3 Å². The standard InChI is InChI=1S/C15H21N3O3.C2H2O4/c1-3-12(2)16-8-10-17(11-9-16)15(19)13-4-6-14(7-5-13)18(20)21;3-1(4)2(5)6/h4-7,12H,3,8-11H2,1-2H3;(H,3,4)(H,5,6). The maximum atomic E-state index is 12.4. The number of carboxylic acid groups (broad SMARTS) is 2. The lowest BCUT2D eigenvalue weighted by atomic mass is 10.1. The van der Waals surface area contributed by atoms with E-state index in [2.05, 4.69) is 18.7 Å². The first kappa shape index (κ1) is 22.0. The number of carbonyl (C=O) groups is 3. The van der Waals surface area contributed by atoms with Crippen molar-refractivity contribution in [1.82, 2.24) is 9.80 Å². The fourth-order valence-corrected chi connectivity index (χ4v) is 2.53. The van der Waals surface area contributed by atoms with Gasteiger partial charge in [0.05, 0.1) is 4.92 Å². The van der Waals surface area contributed by atoms with Gasteiger partial charge in [-0.1, -0.05) is 6.92 Å². The molecule has 1 aromatic carbocycles. The highest BCUT2D eigenvalue weighted by Gasteiger charge is 2.24. The molecule has 0 aromatic heterocycles. The SMILES string of the molecule is CCC(C)N1CCN(C(=O)c2ccc([N+](=O)[O-])cc2)CC1.O=C(O)C(=O)O. The van der Waals surface area contributed by atoms with E-state index in [1.807, 2.05) is 4.90 Å². The predicted octanol–water partition coefficient (Wildman–Crippen LogP) is 1.31. The van der Waals surface area contributed by atoms with Crippen LogP contribution in [0.2, 0.25) is 0 Å². The number of amides is 1. The lowest BCUT2D eigenvalue weighted by molar-refractivity contribution is -0.384. The van der Waals surface area contributed by atoms with E-state index in [1.165, 1.54) is 24.3 Å². The monoisotopic (exact) mass is 381 g/mol. The van der Waals surface area contributed by atoms with Crippen LogP contribution in [0, 0.1) is 10.1 Å². The molecule has 10 heteroatoms. The number of carboxylic acids is 2. The fraction of sp³-hybridized carbons (Fsp3) is 0.471. The van der Waals surface area contributed by atoms with Gasteiger partial charge < -0.3 is 15.1 Å². The second kappa shape index (κ2) is 10.2. The Bertz CT molecular complexity index is 670. The first-order valence-electron chi connectivity index (χ1n) is 8.41.